The topological polar surface area (TPSA) is 42.9 Å². The lowest BCUT2D eigenvalue weighted by atomic mass is 10.2. The van der Waals surface area contributed by atoms with E-state index in [1.807, 2.05) is 24.3 Å². The third-order valence-corrected chi connectivity index (χ3v) is 4.33. The highest BCUT2D eigenvalue weighted by Gasteiger charge is 2.21. The van der Waals surface area contributed by atoms with Crippen LogP contribution in [-0.4, -0.2) is 69.1 Å². The van der Waals surface area contributed by atoms with Crippen LogP contribution in [0.2, 0.25) is 5.02 Å². The van der Waals surface area contributed by atoms with E-state index in [9.17, 15) is 0 Å². The second kappa shape index (κ2) is 8.36. The van der Waals surface area contributed by atoms with Crippen LogP contribution in [0, 0.1) is 0 Å². The molecule has 1 aliphatic rings. The molecule has 0 aliphatic carbocycles. The summed E-state index contributed by atoms with van der Waals surface area (Å²) in [6.45, 7) is 4.95. The van der Waals surface area contributed by atoms with Gasteiger partial charge in [-0.15, -0.1) is 0 Å². The molecule has 1 aromatic rings. The summed E-state index contributed by atoms with van der Waals surface area (Å²) in [6, 6.07) is 8.36. The number of halogens is 1. The molecule has 1 fully saturated rings. The van der Waals surface area contributed by atoms with Gasteiger partial charge in [0.2, 0.25) is 0 Å². The Morgan fingerprint density at radius 1 is 1.23 bits per heavy atom. The molecular weight excluding hydrogens is 298 g/mol. The summed E-state index contributed by atoms with van der Waals surface area (Å²) in [5.41, 5.74) is 1.18. The normalized spacial score (nSPS) is 20.9. The molecule has 1 aliphatic heterocycles. The van der Waals surface area contributed by atoms with Crippen LogP contribution in [0.1, 0.15) is 5.56 Å². The molecule has 2 rings (SSSR count). The van der Waals surface area contributed by atoms with Crippen LogP contribution in [-0.2, 0) is 6.54 Å². The number of nitrogens with one attached hydrogen (secondary N) is 2. The Hall–Kier alpha value is -1.30. The molecule has 0 radical (unpaired) electrons. The maximum absolute atomic E-state index is 5.90. The number of piperazine rings is 1. The Morgan fingerprint density at radius 2 is 1.95 bits per heavy atom. The quantitative estimate of drug-likeness (QED) is 0.646. The average Bonchev–Trinajstić information content (AvgIpc) is 2.52. The molecular formula is C16H26ClN5. The van der Waals surface area contributed by atoms with Crippen molar-refractivity contribution in [1.29, 1.82) is 0 Å². The van der Waals surface area contributed by atoms with E-state index in [1.165, 1.54) is 5.56 Å². The number of aliphatic imine (C=N–C) groups is 1. The Kier molecular flexibility index (Phi) is 6.49. The summed E-state index contributed by atoms with van der Waals surface area (Å²) in [7, 11) is 6.16. The fourth-order valence-electron chi connectivity index (χ4n) is 2.54. The minimum Gasteiger partial charge on any atom is -0.355 e. The van der Waals surface area contributed by atoms with Gasteiger partial charge in [-0.2, -0.15) is 0 Å². The van der Waals surface area contributed by atoms with Gasteiger partial charge in [-0.25, -0.2) is 0 Å². The van der Waals surface area contributed by atoms with E-state index in [1.54, 1.807) is 7.05 Å². The van der Waals surface area contributed by atoms with E-state index in [2.05, 4.69) is 39.5 Å². The number of guanidine groups is 1. The number of nitrogens with zero attached hydrogens (tertiary/aromatic N) is 3. The predicted octanol–water partition coefficient (Wildman–Crippen LogP) is 1.25. The molecule has 0 bridgehead atoms. The van der Waals surface area contributed by atoms with Gasteiger partial charge in [0.25, 0.3) is 0 Å². The van der Waals surface area contributed by atoms with Crippen molar-refractivity contribution in [2.45, 2.75) is 12.6 Å². The predicted molar refractivity (Wildman–Crippen MR) is 93.6 cm³/mol. The highest BCUT2D eigenvalue weighted by Crippen LogP contribution is 2.09. The van der Waals surface area contributed by atoms with E-state index in [4.69, 9.17) is 11.6 Å². The number of benzene rings is 1. The lowest BCUT2D eigenvalue weighted by Crippen LogP contribution is -2.55. The SMILES string of the molecule is CN=C(NCc1ccc(Cl)cc1)NCC1CN(C)CCN1C. The largest absolute Gasteiger partial charge is 0.355 e. The molecule has 0 aromatic heterocycles. The second-order valence-electron chi connectivity index (χ2n) is 5.83. The highest BCUT2D eigenvalue weighted by atomic mass is 35.5. The van der Waals surface area contributed by atoms with Gasteiger partial charge < -0.3 is 15.5 Å². The first-order valence-electron chi connectivity index (χ1n) is 7.66. The third-order valence-electron chi connectivity index (χ3n) is 4.08. The maximum atomic E-state index is 5.90. The minimum absolute atomic E-state index is 0.507. The summed E-state index contributed by atoms with van der Waals surface area (Å²) in [5.74, 6) is 0.830. The van der Waals surface area contributed by atoms with E-state index in [0.717, 1.165) is 43.7 Å². The summed E-state index contributed by atoms with van der Waals surface area (Å²) in [5, 5.41) is 7.51. The van der Waals surface area contributed by atoms with Crippen molar-refractivity contribution in [3.05, 3.63) is 34.9 Å². The van der Waals surface area contributed by atoms with Crippen LogP contribution in [0.5, 0.6) is 0 Å². The molecule has 1 heterocycles. The number of hydrogen-bond acceptors (Lipinski definition) is 3. The first-order chi connectivity index (χ1) is 10.6. The molecule has 0 saturated carbocycles. The lowest BCUT2D eigenvalue weighted by Gasteiger charge is -2.37. The monoisotopic (exact) mass is 323 g/mol. The first kappa shape index (κ1) is 17.1. The average molecular weight is 324 g/mol. The van der Waals surface area contributed by atoms with Gasteiger partial charge in [-0.05, 0) is 31.8 Å². The van der Waals surface area contributed by atoms with Crippen LogP contribution < -0.4 is 10.6 Å². The van der Waals surface area contributed by atoms with Gasteiger partial charge in [0.15, 0.2) is 5.96 Å². The summed E-state index contributed by atoms with van der Waals surface area (Å²) in [4.78, 5) is 9.06. The second-order valence-corrected chi connectivity index (χ2v) is 6.27. The van der Waals surface area contributed by atoms with Crippen molar-refractivity contribution in [3.63, 3.8) is 0 Å². The van der Waals surface area contributed by atoms with Crippen molar-refractivity contribution in [2.75, 3.05) is 47.3 Å². The number of hydrogen-bond donors (Lipinski definition) is 2. The highest BCUT2D eigenvalue weighted by molar-refractivity contribution is 6.30. The molecule has 22 heavy (non-hydrogen) atoms. The standard InChI is InChI=1S/C16H26ClN5/c1-18-16(19-10-13-4-6-14(17)7-5-13)20-11-15-12-21(2)8-9-22(15)3/h4-7,15H,8-12H2,1-3H3,(H2,18,19,20). The van der Waals surface area contributed by atoms with Crippen molar-refractivity contribution in [2.24, 2.45) is 4.99 Å². The van der Waals surface area contributed by atoms with Gasteiger partial charge in [-0.1, -0.05) is 23.7 Å². The minimum atomic E-state index is 0.507. The molecule has 122 valence electrons. The van der Waals surface area contributed by atoms with Gasteiger partial charge >= 0.3 is 0 Å². The van der Waals surface area contributed by atoms with Gasteiger partial charge in [-0.3, -0.25) is 9.89 Å². The fraction of sp³-hybridized carbons (Fsp3) is 0.562. The van der Waals surface area contributed by atoms with Crippen molar-refractivity contribution in [3.8, 4) is 0 Å². The molecule has 1 unspecified atom stereocenters. The third kappa shape index (κ3) is 5.16. The molecule has 0 amide bonds. The summed E-state index contributed by atoms with van der Waals surface area (Å²) >= 11 is 5.90. The smallest absolute Gasteiger partial charge is 0.191 e. The zero-order valence-electron chi connectivity index (χ0n) is 13.6. The molecule has 6 heteroatoms. The van der Waals surface area contributed by atoms with E-state index in [0.29, 0.717) is 6.04 Å². The van der Waals surface area contributed by atoms with Crippen molar-refractivity contribution < 1.29 is 0 Å². The number of likely N-dealkylation sites (N-methyl/N-ethyl adjacent to an activating group) is 2. The Balaban J connectivity index is 1.78. The summed E-state index contributed by atoms with van der Waals surface area (Å²) < 4.78 is 0. The lowest BCUT2D eigenvalue weighted by molar-refractivity contribution is 0.116. The van der Waals surface area contributed by atoms with Crippen molar-refractivity contribution in [1.82, 2.24) is 20.4 Å². The maximum Gasteiger partial charge on any atom is 0.191 e. The van der Waals surface area contributed by atoms with Crippen LogP contribution in [0.3, 0.4) is 0 Å². The number of rotatable bonds is 4. The fourth-order valence-corrected chi connectivity index (χ4v) is 2.67. The van der Waals surface area contributed by atoms with Crippen LogP contribution in [0.15, 0.2) is 29.3 Å². The van der Waals surface area contributed by atoms with Crippen LogP contribution in [0.4, 0.5) is 0 Å². The zero-order valence-corrected chi connectivity index (χ0v) is 14.4. The van der Waals surface area contributed by atoms with Crippen LogP contribution >= 0.6 is 11.6 Å². The van der Waals surface area contributed by atoms with E-state index < -0.39 is 0 Å². The first-order valence-corrected chi connectivity index (χ1v) is 8.04. The molecule has 1 atom stereocenters. The van der Waals surface area contributed by atoms with Crippen LogP contribution in [0.25, 0.3) is 0 Å². The Morgan fingerprint density at radius 3 is 2.64 bits per heavy atom. The Labute approximate surface area is 138 Å². The van der Waals surface area contributed by atoms with Gasteiger partial charge in [0.1, 0.15) is 0 Å². The Bertz CT molecular complexity index is 488. The van der Waals surface area contributed by atoms with Gasteiger partial charge in [0, 0.05) is 50.8 Å². The molecule has 5 nitrogen and oxygen atoms in total. The molecule has 2 N–H and O–H groups in total. The zero-order chi connectivity index (χ0) is 15.9. The van der Waals surface area contributed by atoms with E-state index in [-0.39, 0.29) is 0 Å². The van der Waals surface area contributed by atoms with Gasteiger partial charge in [0.05, 0.1) is 0 Å². The molecule has 0 spiro atoms. The van der Waals surface area contributed by atoms with Crippen molar-refractivity contribution >= 4 is 17.6 Å². The molecule has 1 saturated heterocycles. The van der Waals surface area contributed by atoms with E-state index >= 15 is 0 Å². The molecule has 1 aromatic carbocycles. The summed E-state index contributed by atoms with van der Waals surface area (Å²) in [6.07, 6.45) is 0.